The van der Waals surface area contributed by atoms with Gasteiger partial charge in [-0.2, -0.15) is 0 Å². The molecule has 0 aromatic heterocycles. The van der Waals surface area contributed by atoms with E-state index in [4.69, 9.17) is 4.74 Å². The maximum absolute atomic E-state index is 12.2. The summed E-state index contributed by atoms with van der Waals surface area (Å²) in [5.41, 5.74) is -0.774. The molecule has 0 aromatic rings. The van der Waals surface area contributed by atoms with Gasteiger partial charge in [0.25, 0.3) is 0 Å². The smallest absolute Gasteiger partial charge is 0.318 e. The third kappa shape index (κ3) is 3.78. The van der Waals surface area contributed by atoms with Crippen molar-refractivity contribution in [2.75, 3.05) is 26.7 Å². The van der Waals surface area contributed by atoms with Gasteiger partial charge in [-0.05, 0) is 38.1 Å². The molecule has 0 spiro atoms. The highest BCUT2D eigenvalue weighted by Crippen LogP contribution is 2.33. The molecular weight excluding hydrogens is 242 g/mol. The second kappa shape index (κ2) is 5.61. The number of hydrogen-bond donors (Lipinski definition) is 0. The fourth-order valence-electron chi connectivity index (χ4n) is 2.45. The Morgan fingerprint density at radius 3 is 2.21 bits per heavy atom. The minimum atomic E-state index is -1.05. The lowest BCUT2D eigenvalue weighted by atomic mass is 9.80. The molecule has 19 heavy (non-hydrogen) atoms. The van der Waals surface area contributed by atoms with E-state index in [0.29, 0.717) is 12.5 Å². The number of carbonyl (C=O) groups excluding carboxylic acids is 2. The van der Waals surface area contributed by atoms with E-state index in [-0.39, 0.29) is 11.2 Å². The first-order valence-corrected chi connectivity index (χ1v) is 6.93. The zero-order chi connectivity index (χ0) is 14.8. The highest BCUT2D eigenvalue weighted by Gasteiger charge is 2.39. The highest BCUT2D eigenvalue weighted by molar-refractivity contribution is 6.03. The number of ketones is 1. The zero-order valence-electron chi connectivity index (χ0n) is 13.1. The number of esters is 1. The average Bonchev–Trinajstić information content (AvgIpc) is 2.75. The van der Waals surface area contributed by atoms with E-state index in [1.54, 1.807) is 13.8 Å². The van der Waals surface area contributed by atoms with E-state index >= 15 is 0 Å². The van der Waals surface area contributed by atoms with Crippen molar-refractivity contribution in [3.05, 3.63) is 0 Å². The number of likely N-dealkylation sites (tertiary alicyclic amines) is 1. The predicted molar refractivity (Wildman–Crippen MR) is 74.8 cm³/mol. The van der Waals surface area contributed by atoms with Crippen molar-refractivity contribution in [3.8, 4) is 0 Å². The van der Waals surface area contributed by atoms with Gasteiger partial charge in [-0.15, -0.1) is 0 Å². The van der Waals surface area contributed by atoms with Crippen LogP contribution in [0.25, 0.3) is 0 Å². The van der Waals surface area contributed by atoms with E-state index < -0.39 is 11.4 Å². The van der Waals surface area contributed by atoms with Gasteiger partial charge >= 0.3 is 5.97 Å². The molecule has 1 rings (SSSR count). The molecule has 1 saturated heterocycles. The van der Waals surface area contributed by atoms with Crippen molar-refractivity contribution >= 4 is 11.8 Å². The number of methoxy groups -OCH3 is 1. The van der Waals surface area contributed by atoms with Crippen molar-refractivity contribution < 1.29 is 14.3 Å². The summed E-state index contributed by atoms with van der Waals surface area (Å²) in [6.45, 7) is 12.2. The van der Waals surface area contributed by atoms with Crippen LogP contribution in [0.3, 0.4) is 0 Å². The normalized spacial score (nSPS) is 21.5. The Labute approximate surface area is 116 Å². The third-order valence-electron chi connectivity index (χ3n) is 4.26. The second-order valence-electron chi connectivity index (χ2n) is 7.13. The van der Waals surface area contributed by atoms with Crippen LogP contribution < -0.4 is 0 Å². The number of nitrogens with zero attached hydrogens (tertiary/aromatic N) is 1. The molecule has 0 N–H and O–H groups in total. The molecule has 4 nitrogen and oxygen atoms in total. The summed E-state index contributed by atoms with van der Waals surface area (Å²) in [6, 6.07) is 0. The van der Waals surface area contributed by atoms with Gasteiger partial charge in [0, 0.05) is 6.54 Å². The molecule has 110 valence electrons. The van der Waals surface area contributed by atoms with E-state index in [2.05, 4.69) is 25.7 Å². The molecule has 0 aromatic carbocycles. The Balaban J connectivity index is 2.58. The summed E-state index contributed by atoms with van der Waals surface area (Å²) >= 11 is 0. The Bertz CT molecular complexity index is 355. The Kier molecular flexibility index (Phi) is 4.77. The highest BCUT2D eigenvalue weighted by atomic mass is 16.5. The lowest BCUT2D eigenvalue weighted by molar-refractivity contribution is -0.156. The van der Waals surface area contributed by atoms with E-state index in [9.17, 15) is 9.59 Å². The van der Waals surface area contributed by atoms with Crippen LogP contribution in [0.1, 0.15) is 41.0 Å². The van der Waals surface area contributed by atoms with Crippen LogP contribution in [0.5, 0.6) is 0 Å². The summed E-state index contributed by atoms with van der Waals surface area (Å²) < 4.78 is 4.70. The Morgan fingerprint density at radius 2 is 1.79 bits per heavy atom. The van der Waals surface area contributed by atoms with E-state index in [1.807, 2.05) is 0 Å². The van der Waals surface area contributed by atoms with Gasteiger partial charge in [0.1, 0.15) is 5.41 Å². The minimum Gasteiger partial charge on any atom is -0.468 e. The zero-order valence-corrected chi connectivity index (χ0v) is 13.1. The predicted octanol–water partition coefficient (Wildman–Crippen LogP) is 2.12. The van der Waals surface area contributed by atoms with Gasteiger partial charge in [-0.25, -0.2) is 0 Å². The Morgan fingerprint density at radius 1 is 1.21 bits per heavy atom. The summed E-state index contributed by atoms with van der Waals surface area (Å²) in [6.07, 6.45) is 1.12. The van der Waals surface area contributed by atoms with Crippen molar-refractivity contribution in [1.29, 1.82) is 0 Å². The van der Waals surface area contributed by atoms with Crippen LogP contribution in [0.15, 0.2) is 0 Å². The van der Waals surface area contributed by atoms with Crippen LogP contribution >= 0.6 is 0 Å². The van der Waals surface area contributed by atoms with E-state index in [1.165, 1.54) is 7.11 Å². The van der Waals surface area contributed by atoms with Gasteiger partial charge in [0.2, 0.25) is 0 Å². The van der Waals surface area contributed by atoms with Crippen molar-refractivity contribution in [3.63, 3.8) is 0 Å². The molecule has 0 aliphatic carbocycles. The molecule has 1 fully saturated rings. The van der Waals surface area contributed by atoms with Crippen molar-refractivity contribution in [2.24, 2.45) is 16.7 Å². The van der Waals surface area contributed by atoms with Crippen LogP contribution in [0.4, 0.5) is 0 Å². The van der Waals surface area contributed by atoms with Gasteiger partial charge in [-0.1, -0.05) is 20.8 Å². The summed E-state index contributed by atoms with van der Waals surface area (Å²) in [7, 11) is 1.32. The summed E-state index contributed by atoms with van der Waals surface area (Å²) in [4.78, 5) is 26.0. The molecule has 0 bridgehead atoms. The molecule has 1 aliphatic rings. The summed E-state index contributed by atoms with van der Waals surface area (Å²) in [5, 5.41) is 0. The SMILES string of the molecule is COC(=O)C(C)(C)C(=O)CN1CCC(C(C)(C)C)C1. The van der Waals surface area contributed by atoms with Crippen LogP contribution in [0.2, 0.25) is 0 Å². The minimum absolute atomic E-state index is 0.0612. The molecule has 0 saturated carbocycles. The summed E-state index contributed by atoms with van der Waals surface area (Å²) in [5.74, 6) is 0.0968. The monoisotopic (exact) mass is 269 g/mol. The Hall–Kier alpha value is -0.900. The topological polar surface area (TPSA) is 46.6 Å². The van der Waals surface area contributed by atoms with Gasteiger partial charge in [-0.3, -0.25) is 14.5 Å². The number of hydrogen-bond acceptors (Lipinski definition) is 4. The first kappa shape index (κ1) is 16.2. The fourth-order valence-corrected chi connectivity index (χ4v) is 2.45. The molecule has 1 heterocycles. The molecule has 1 aliphatic heterocycles. The second-order valence-corrected chi connectivity index (χ2v) is 7.13. The van der Waals surface area contributed by atoms with Crippen molar-refractivity contribution in [1.82, 2.24) is 4.90 Å². The fraction of sp³-hybridized carbons (Fsp3) is 0.867. The first-order valence-electron chi connectivity index (χ1n) is 6.93. The lowest BCUT2D eigenvalue weighted by Gasteiger charge is -2.28. The maximum atomic E-state index is 12.2. The quantitative estimate of drug-likeness (QED) is 0.579. The van der Waals surface area contributed by atoms with Crippen LogP contribution in [-0.2, 0) is 14.3 Å². The average molecular weight is 269 g/mol. The van der Waals surface area contributed by atoms with Crippen LogP contribution in [-0.4, -0.2) is 43.4 Å². The molecule has 1 atom stereocenters. The molecule has 1 unspecified atom stereocenters. The standard InChI is InChI=1S/C15H27NO3/c1-14(2,3)11-7-8-16(9-11)10-12(17)15(4,5)13(18)19-6/h11H,7-10H2,1-6H3. The number of ether oxygens (including phenoxy) is 1. The van der Waals surface area contributed by atoms with Gasteiger partial charge < -0.3 is 4.74 Å². The van der Waals surface area contributed by atoms with E-state index in [0.717, 1.165) is 19.5 Å². The molecule has 0 radical (unpaired) electrons. The molecule has 4 heteroatoms. The molecular formula is C15H27NO3. The van der Waals surface area contributed by atoms with Gasteiger partial charge in [0.05, 0.1) is 13.7 Å². The number of rotatable bonds is 4. The number of Topliss-reactive ketones (excluding diaryl/α,β-unsaturated/α-hetero) is 1. The maximum Gasteiger partial charge on any atom is 0.318 e. The van der Waals surface area contributed by atoms with Crippen LogP contribution in [0, 0.1) is 16.7 Å². The lowest BCUT2D eigenvalue weighted by Crippen LogP contribution is -2.41. The number of carbonyl (C=O) groups is 2. The largest absolute Gasteiger partial charge is 0.468 e. The van der Waals surface area contributed by atoms with Gasteiger partial charge in [0.15, 0.2) is 5.78 Å². The van der Waals surface area contributed by atoms with Crippen molar-refractivity contribution in [2.45, 2.75) is 41.0 Å². The molecule has 0 amide bonds. The first-order chi connectivity index (χ1) is 8.59. The third-order valence-corrected chi connectivity index (χ3v) is 4.26.